The van der Waals surface area contributed by atoms with E-state index in [-0.39, 0.29) is 32.2 Å². The summed E-state index contributed by atoms with van der Waals surface area (Å²) < 4.78 is 23.0. The van der Waals surface area contributed by atoms with Crippen LogP contribution >= 0.6 is 0 Å². The Labute approximate surface area is 597 Å². The van der Waals surface area contributed by atoms with E-state index in [0.29, 0.717) is 23.9 Å². The number of ether oxygens (including phenoxy) is 4. The molecule has 0 amide bonds. The van der Waals surface area contributed by atoms with Crippen LogP contribution in [0.5, 0.6) is 0 Å². The van der Waals surface area contributed by atoms with Crippen molar-refractivity contribution in [3.8, 4) is 0 Å². The number of unbranched alkanes of at least 4 members (excludes halogenated alkanes) is 31. The van der Waals surface area contributed by atoms with Crippen LogP contribution in [0, 0.1) is 0 Å². The topological polar surface area (TPSA) is 108 Å². The number of carboxylic acid groups (broad SMARTS) is 1. The molecule has 0 aliphatic heterocycles. The Balaban J connectivity index is 4.16. The van der Waals surface area contributed by atoms with Gasteiger partial charge in [0.1, 0.15) is 13.2 Å². The summed E-state index contributed by atoms with van der Waals surface area (Å²) in [7, 11) is 5.97. The highest BCUT2D eigenvalue weighted by molar-refractivity contribution is 5.71. The summed E-state index contributed by atoms with van der Waals surface area (Å²) >= 11 is 0. The van der Waals surface area contributed by atoms with Gasteiger partial charge in [-0.1, -0.05) is 339 Å². The van der Waals surface area contributed by atoms with Crippen LogP contribution in [-0.4, -0.2) is 87.4 Å². The molecule has 1 N–H and O–H groups in total. The molecule has 0 fully saturated rings. The van der Waals surface area contributed by atoms with Gasteiger partial charge in [0.2, 0.25) is 0 Å². The van der Waals surface area contributed by atoms with Crippen molar-refractivity contribution in [2.24, 2.45) is 0 Å². The van der Waals surface area contributed by atoms with Gasteiger partial charge in [-0.15, -0.1) is 0 Å². The Bertz CT molecular complexity index is 2160. The van der Waals surface area contributed by atoms with Crippen molar-refractivity contribution in [2.45, 2.75) is 334 Å². The first-order valence-electron chi connectivity index (χ1n) is 39.6. The van der Waals surface area contributed by atoms with Crippen molar-refractivity contribution in [1.82, 2.24) is 0 Å². The fraction of sp³-hybridized carbons (Fsp3) is 0.670. The number of hydrogen-bond donors (Lipinski definition) is 1. The van der Waals surface area contributed by atoms with Gasteiger partial charge in [-0.2, -0.15) is 0 Å². The van der Waals surface area contributed by atoms with Gasteiger partial charge >= 0.3 is 17.9 Å². The highest BCUT2D eigenvalue weighted by atomic mass is 16.7. The summed E-state index contributed by atoms with van der Waals surface area (Å²) in [6.45, 7) is 4.75. The van der Waals surface area contributed by atoms with Gasteiger partial charge in [-0.3, -0.25) is 9.59 Å². The quantitative estimate of drug-likeness (QED) is 0.0211. The van der Waals surface area contributed by atoms with Gasteiger partial charge in [-0.05, 0) is 128 Å². The van der Waals surface area contributed by atoms with Crippen LogP contribution in [0.1, 0.15) is 322 Å². The molecule has 552 valence electrons. The Morgan fingerprint density at radius 1 is 0.320 bits per heavy atom. The van der Waals surface area contributed by atoms with Crippen LogP contribution in [0.4, 0.5) is 0 Å². The fourth-order valence-electron chi connectivity index (χ4n) is 10.8. The molecule has 0 saturated carbocycles. The molecule has 0 aliphatic rings. The van der Waals surface area contributed by atoms with E-state index in [1.807, 2.05) is 21.1 Å². The first kappa shape index (κ1) is 91.9. The number of carbonyl (C=O) groups excluding carboxylic acids is 2. The van der Waals surface area contributed by atoms with E-state index in [9.17, 15) is 19.5 Å². The lowest BCUT2D eigenvalue weighted by molar-refractivity contribution is -0.870. The maximum Gasteiger partial charge on any atom is 0.361 e. The highest BCUT2D eigenvalue weighted by Gasteiger charge is 2.25. The van der Waals surface area contributed by atoms with Crippen molar-refractivity contribution in [3.05, 3.63) is 158 Å². The lowest BCUT2D eigenvalue weighted by Crippen LogP contribution is -2.40. The molecule has 2 atom stereocenters. The zero-order valence-corrected chi connectivity index (χ0v) is 63.2. The first-order valence-corrected chi connectivity index (χ1v) is 39.6. The third kappa shape index (κ3) is 78.1. The number of nitrogens with zero attached hydrogens (tertiary/aromatic N) is 1. The van der Waals surface area contributed by atoms with Crippen LogP contribution in [0.15, 0.2) is 158 Å². The SMILES string of the molecule is CC/C=C\C/C=C\C/C=C\C/C=C\C/C=C\C/C=C\C/C=C\C/C=C\C/C=C\C/C=C\C/C=C\C/C=C\CCCCCCC(=O)OC(COC(=O)CCCCCCCCCCCCCCCCCCCCC/C=C\CCCCCCCCCC)COC(OCC[N+](C)(C)C)C(=O)O. The molecule has 9 nitrogen and oxygen atoms in total. The molecule has 0 bridgehead atoms. The van der Waals surface area contributed by atoms with E-state index in [0.717, 1.165) is 122 Å². The monoisotopic (exact) mass is 1350 g/mol. The van der Waals surface area contributed by atoms with E-state index in [1.165, 1.54) is 167 Å². The fourth-order valence-corrected chi connectivity index (χ4v) is 10.8. The molecule has 2 unspecified atom stereocenters. The lowest BCUT2D eigenvalue weighted by Gasteiger charge is -2.25. The molecule has 9 heteroatoms. The molecule has 0 radical (unpaired) electrons. The van der Waals surface area contributed by atoms with E-state index < -0.39 is 24.3 Å². The van der Waals surface area contributed by atoms with Crippen LogP contribution in [0.2, 0.25) is 0 Å². The van der Waals surface area contributed by atoms with Crippen molar-refractivity contribution in [2.75, 3.05) is 47.5 Å². The summed E-state index contributed by atoms with van der Waals surface area (Å²) in [5, 5.41) is 9.77. The zero-order chi connectivity index (χ0) is 70.4. The number of hydrogen-bond acceptors (Lipinski definition) is 7. The summed E-state index contributed by atoms with van der Waals surface area (Å²) in [4.78, 5) is 37.7. The van der Waals surface area contributed by atoms with Gasteiger partial charge in [0.05, 0.1) is 34.4 Å². The number of carbonyl (C=O) groups is 3. The van der Waals surface area contributed by atoms with E-state index in [4.69, 9.17) is 18.9 Å². The largest absolute Gasteiger partial charge is 0.477 e. The van der Waals surface area contributed by atoms with Gasteiger partial charge in [0.25, 0.3) is 6.29 Å². The number of allylic oxidation sites excluding steroid dienone is 26. The molecule has 0 saturated heterocycles. The van der Waals surface area contributed by atoms with Crippen molar-refractivity contribution < 1.29 is 42.9 Å². The molecule has 0 heterocycles. The molecular formula is C88H148NO8+. The number of esters is 2. The lowest BCUT2D eigenvalue weighted by atomic mass is 10.0. The van der Waals surface area contributed by atoms with E-state index in [1.54, 1.807) is 0 Å². The smallest absolute Gasteiger partial charge is 0.361 e. The Morgan fingerprint density at radius 3 is 0.887 bits per heavy atom. The number of rotatable bonds is 72. The van der Waals surface area contributed by atoms with Crippen molar-refractivity contribution >= 4 is 17.9 Å². The number of aliphatic carboxylic acids is 1. The van der Waals surface area contributed by atoms with Gasteiger partial charge in [-0.25, -0.2) is 4.79 Å². The minimum atomic E-state index is -1.53. The van der Waals surface area contributed by atoms with Crippen molar-refractivity contribution in [1.29, 1.82) is 0 Å². The molecule has 0 rings (SSSR count). The highest BCUT2D eigenvalue weighted by Crippen LogP contribution is 2.17. The van der Waals surface area contributed by atoms with Gasteiger partial charge < -0.3 is 28.5 Å². The normalized spacial score (nSPS) is 13.5. The van der Waals surface area contributed by atoms with Gasteiger partial charge in [0.15, 0.2) is 6.10 Å². The number of likely N-dealkylation sites (N-methyl/N-ethyl adjacent to an activating group) is 1. The summed E-state index contributed by atoms with van der Waals surface area (Å²) in [6.07, 6.45) is 111. The number of carboxylic acids is 1. The minimum Gasteiger partial charge on any atom is -0.477 e. The average molecular weight is 1350 g/mol. The second-order valence-corrected chi connectivity index (χ2v) is 27.3. The molecule has 97 heavy (non-hydrogen) atoms. The molecule has 0 aromatic carbocycles. The molecular weight excluding hydrogens is 1200 g/mol. The van der Waals surface area contributed by atoms with Crippen LogP contribution < -0.4 is 0 Å². The number of quaternary nitrogens is 1. The molecule has 0 aliphatic carbocycles. The average Bonchev–Trinajstić information content (AvgIpc) is 3.27. The Morgan fingerprint density at radius 2 is 0.588 bits per heavy atom. The summed E-state index contributed by atoms with van der Waals surface area (Å²) in [5.41, 5.74) is 0. The van der Waals surface area contributed by atoms with Crippen LogP contribution in [-0.2, 0) is 33.3 Å². The van der Waals surface area contributed by atoms with E-state index >= 15 is 0 Å². The minimum absolute atomic E-state index is 0.176. The van der Waals surface area contributed by atoms with Gasteiger partial charge in [0, 0.05) is 12.8 Å². The predicted molar refractivity (Wildman–Crippen MR) is 419 cm³/mol. The maximum atomic E-state index is 13.0. The third-order valence-corrected chi connectivity index (χ3v) is 16.8. The Hall–Kier alpha value is -5.09. The zero-order valence-electron chi connectivity index (χ0n) is 63.2. The maximum absolute atomic E-state index is 13.0. The van der Waals surface area contributed by atoms with Crippen LogP contribution in [0.3, 0.4) is 0 Å². The molecule has 0 spiro atoms. The first-order chi connectivity index (χ1) is 47.6. The Kier molecular flexibility index (Phi) is 72.6. The van der Waals surface area contributed by atoms with Crippen LogP contribution in [0.25, 0.3) is 0 Å². The second-order valence-electron chi connectivity index (χ2n) is 27.3. The summed E-state index contributed by atoms with van der Waals surface area (Å²) in [6, 6.07) is 0. The summed E-state index contributed by atoms with van der Waals surface area (Å²) in [5.74, 6) is -2.04. The van der Waals surface area contributed by atoms with E-state index in [2.05, 4.69) is 172 Å². The third-order valence-electron chi connectivity index (χ3n) is 16.8. The standard InChI is InChI=1S/C88H147NO8/c1-6-8-10-12-14-16-18-20-22-24-26-28-30-32-34-36-38-39-40-41-42-43-44-45-46-47-49-51-53-55-57-59-61-63-65-67-69-71-73-75-77-79-86(91)97-84(83-96-88(87(92)93)94-81-80-89(3,4)5)82-95-85(90)78-76-74-72-70-68-66-64-62-60-58-56-54-52-50-48-37-35-33-31-29-27-25-23-21-19-17-15-13-11-9-7-2/h8,10,14,16,20,22,25-28,32,34,38-39,41-42,44-45,47,49,53,55,59,61,65,67,84,88H,6-7,9,11-13,15,17-19,21,23-24,29-31,33,35-37,40,43,46,48,50-52,54,56-58,60,62-64,66,68-83H2,1-5H3/p+1/b10-8-,16-14-,22-20-,27-25-,28-26-,34-32-,39-38-,42-41-,45-44-,49-47-,55-53-,61-59-,67-65-. The molecule has 0 aromatic rings. The molecule has 0 aromatic heterocycles. The van der Waals surface area contributed by atoms with Crippen molar-refractivity contribution in [3.63, 3.8) is 0 Å². The second kappa shape index (κ2) is 76.7. The predicted octanol–water partition coefficient (Wildman–Crippen LogP) is 25.6.